The van der Waals surface area contributed by atoms with Crippen LogP contribution < -0.4 is 5.73 Å². The molecule has 0 fully saturated rings. The van der Waals surface area contributed by atoms with E-state index in [0.29, 0.717) is 17.9 Å². The highest BCUT2D eigenvalue weighted by Gasteiger charge is 2.12. The zero-order valence-electron chi connectivity index (χ0n) is 12.6. The van der Waals surface area contributed by atoms with Crippen molar-refractivity contribution in [2.24, 2.45) is 0 Å². The van der Waals surface area contributed by atoms with E-state index in [2.05, 4.69) is 31.2 Å². The Morgan fingerprint density at radius 3 is 2.33 bits per heavy atom. The zero-order valence-corrected chi connectivity index (χ0v) is 12.6. The second-order valence-corrected chi connectivity index (χ2v) is 4.97. The van der Waals surface area contributed by atoms with Crippen LogP contribution >= 0.6 is 0 Å². The monoisotopic (exact) mass is 283 g/mol. The van der Waals surface area contributed by atoms with E-state index in [1.165, 1.54) is 5.56 Å². The lowest BCUT2D eigenvalue weighted by atomic mass is 10.00. The van der Waals surface area contributed by atoms with E-state index in [-0.39, 0.29) is 5.97 Å². The summed E-state index contributed by atoms with van der Waals surface area (Å²) in [6, 6.07) is 13.9. The third-order valence-electron chi connectivity index (χ3n) is 3.37. The second kappa shape index (κ2) is 6.93. The molecule has 0 bridgehead atoms. The summed E-state index contributed by atoms with van der Waals surface area (Å²) in [5, 5.41) is 0. The summed E-state index contributed by atoms with van der Waals surface area (Å²) < 4.78 is 5.03. The number of benzene rings is 2. The molecule has 0 radical (unpaired) electrons. The first-order chi connectivity index (χ1) is 10.2. The first kappa shape index (κ1) is 15.1. The van der Waals surface area contributed by atoms with Crippen molar-refractivity contribution < 1.29 is 9.53 Å². The molecule has 0 heterocycles. The van der Waals surface area contributed by atoms with E-state index >= 15 is 0 Å². The molecule has 0 aromatic heterocycles. The smallest absolute Gasteiger partial charge is 0.340 e. The molecular weight excluding hydrogens is 262 g/mol. The number of ether oxygens (including phenoxy) is 1. The minimum atomic E-state index is -0.376. The predicted octanol–water partition coefficient (Wildman–Crippen LogP) is 4.07. The Bertz CT molecular complexity index is 618. The molecule has 0 spiro atoms. The Morgan fingerprint density at radius 2 is 1.71 bits per heavy atom. The second-order valence-electron chi connectivity index (χ2n) is 4.97. The SMILES string of the molecule is CCCc1ccc(-c2ccc(N)c(C(=O)OCC)c2)cc1. The van der Waals surface area contributed by atoms with Crippen molar-refractivity contribution in [2.75, 3.05) is 12.3 Å². The molecule has 2 aromatic carbocycles. The lowest BCUT2D eigenvalue weighted by Gasteiger charge is -2.09. The Kier molecular flexibility index (Phi) is 4.99. The topological polar surface area (TPSA) is 52.3 Å². The molecule has 3 nitrogen and oxygen atoms in total. The molecule has 0 aliphatic rings. The number of rotatable bonds is 5. The van der Waals surface area contributed by atoms with E-state index < -0.39 is 0 Å². The molecule has 21 heavy (non-hydrogen) atoms. The zero-order chi connectivity index (χ0) is 15.2. The van der Waals surface area contributed by atoms with Crippen molar-refractivity contribution >= 4 is 11.7 Å². The molecule has 0 saturated heterocycles. The highest BCUT2D eigenvalue weighted by atomic mass is 16.5. The molecule has 0 aliphatic carbocycles. The molecule has 110 valence electrons. The maximum Gasteiger partial charge on any atom is 0.340 e. The van der Waals surface area contributed by atoms with Crippen LogP contribution in [0.15, 0.2) is 42.5 Å². The number of hydrogen-bond acceptors (Lipinski definition) is 3. The molecule has 2 N–H and O–H groups in total. The number of nitrogens with two attached hydrogens (primary N) is 1. The summed E-state index contributed by atoms with van der Waals surface area (Å²) in [5.41, 5.74) is 10.1. The van der Waals surface area contributed by atoms with Gasteiger partial charge in [-0.3, -0.25) is 0 Å². The van der Waals surface area contributed by atoms with Crippen LogP contribution in [0.25, 0.3) is 11.1 Å². The first-order valence-corrected chi connectivity index (χ1v) is 7.31. The van der Waals surface area contributed by atoms with Crippen molar-refractivity contribution in [2.45, 2.75) is 26.7 Å². The Balaban J connectivity index is 2.31. The fourth-order valence-electron chi connectivity index (χ4n) is 2.27. The summed E-state index contributed by atoms with van der Waals surface area (Å²) in [4.78, 5) is 11.9. The molecule has 0 saturated carbocycles. The maximum atomic E-state index is 11.9. The van der Waals surface area contributed by atoms with Crippen molar-refractivity contribution in [3.63, 3.8) is 0 Å². The van der Waals surface area contributed by atoms with Gasteiger partial charge in [0, 0.05) is 5.69 Å². The van der Waals surface area contributed by atoms with Crippen molar-refractivity contribution in [1.29, 1.82) is 0 Å². The fourth-order valence-corrected chi connectivity index (χ4v) is 2.27. The highest BCUT2D eigenvalue weighted by molar-refractivity contribution is 5.96. The van der Waals surface area contributed by atoms with E-state index in [1.807, 2.05) is 6.07 Å². The van der Waals surface area contributed by atoms with Crippen LogP contribution in [-0.4, -0.2) is 12.6 Å². The lowest BCUT2D eigenvalue weighted by Crippen LogP contribution is -2.08. The number of carbonyl (C=O) groups excluding carboxylic acids is 1. The molecule has 2 rings (SSSR count). The third kappa shape index (κ3) is 3.63. The van der Waals surface area contributed by atoms with E-state index in [1.54, 1.807) is 19.1 Å². The molecule has 0 atom stereocenters. The summed E-state index contributed by atoms with van der Waals surface area (Å²) in [5.74, 6) is -0.376. The van der Waals surface area contributed by atoms with Crippen LogP contribution in [0.4, 0.5) is 5.69 Å². The van der Waals surface area contributed by atoms with Gasteiger partial charge in [0.1, 0.15) is 0 Å². The number of esters is 1. The third-order valence-corrected chi connectivity index (χ3v) is 3.37. The van der Waals surface area contributed by atoms with E-state index in [9.17, 15) is 4.79 Å². The van der Waals surface area contributed by atoms with Crippen molar-refractivity contribution in [3.8, 4) is 11.1 Å². The number of aryl methyl sites for hydroxylation is 1. The van der Waals surface area contributed by atoms with Gasteiger partial charge in [0.25, 0.3) is 0 Å². The van der Waals surface area contributed by atoms with Gasteiger partial charge in [-0.15, -0.1) is 0 Å². The molecular formula is C18H21NO2. The molecule has 0 unspecified atom stereocenters. The number of carbonyl (C=O) groups is 1. The van der Waals surface area contributed by atoms with Gasteiger partial charge in [0.2, 0.25) is 0 Å². The average molecular weight is 283 g/mol. The maximum absolute atomic E-state index is 11.9. The van der Waals surface area contributed by atoms with E-state index in [4.69, 9.17) is 10.5 Å². The van der Waals surface area contributed by atoms with E-state index in [0.717, 1.165) is 24.0 Å². The molecule has 0 amide bonds. The number of nitrogen functional groups attached to an aromatic ring is 1. The summed E-state index contributed by atoms with van der Waals surface area (Å²) in [7, 11) is 0. The first-order valence-electron chi connectivity index (χ1n) is 7.31. The summed E-state index contributed by atoms with van der Waals surface area (Å²) in [6.07, 6.45) is 2.21. The number of anilines is 1. The van der Waals surface area contributed by atoms with Crippen LogP contribution in [0.2, 0.25) is 0 Å². The highest BCUT2D eigenvalue weighted by Crippen LogP contribution is 2.25. The van der Waals surface area contributed by atoms with Crippen LogP contribution in [0.3, 0.4) is 0 Å². The predicted molar refractivity (Wildman–Crippen MR) is 86.2 cm³/mol. The van der Waals surface area contributed by atoms with Crippen molar-refractivity contribution in [3.05, 3.63) is 53.6 Å². The van der Waals surface area contributed by atoms with Gasteiger partial charge in [-0.1, -0.05) is 43.7 Å². The Labute approximate surface area is 125 Å². The lowest BCUT2D eigenvalue weighted by molar-refractivity contribution is 0.0527. The minimum absolute atomic E-state index is 0.341. The van der Waals surface area contributed by atoms with Gasteiger partial charge in [-0.2, -0.15) is 0 Å². The van der Waals surface area contributed by atoms with Gasteiger partial charge in [0.05, 0.1) is 12.2 Å². The summed E-state index contributed by atoms with van der Waals surface area (Å²) in [6.45, 7) is 4.29. The molecule has 0 aliphatic heterocycles. The van der Waals surface area contributed by atoms with Crippen LogP contribution in [0.1, 0.15) is 36.2 Å². The van der Waals surface area contributed by atoms with Gasteiger partial charge < -0.3 is 10.5 Å². The van der Waals surface area contributed by atoms with Crippen LogP contribution in [0.5, 0.6) is 0 Å². The quantitative estimate of drug-likeness (QED) is 0.665. The largest absolute Gasteiger partial charge is 0.462 e. The van der Waals surface area contributed by atoms with Gasteiger partial charge in [-0.05, 0) is 42.2 Å². The van der Waals surface area contributed by atoms with Gasteiger partial charge >= 0.3 is 5.97 Å². The summed E-state index contributed by atoms with van der Waals surface area (Å²) >= 11 is 0. The molecule has 3 heteroatoms. The Morgan fingerprint density at radius 1 is 1.05 bits per heavy atom. The van der Waals surface area contributed by atoms with Gasteiger partial charge in [0.15, 0.2) is 0 Å². The minimum Gasteiger partial charge on any atom is -0.462 e. The van der Waals surface area contributed by atoms with Crippen LogP contribution in [-0.2, 0) is 11.2 Å². The molecule has 2 aromatic rings. The normalized spacial score (nSPS) is 10.4. The van der Waals surface area contributed by atoms with Crippen LogP contribution in [0, 0.1) is 0 Å². The Hall–Kier alpha value is -2.29. The van der Waals surface area contributed by atoms with Gasteiger partial charge in [-0.25, -0.2) is 4.79 Å². The average Bonchev–Trinajstić information content (AvgIpc) is 2.49. The number of hydrogen-bond donors (Lipinski definition) is 1. The fraction of sp³-hybridized carbons (Fsp3) is 0.278. The standard InChI is InChI=1S/C18H21NO2/c1-3-5-13-6-8-14(9-7-13)15-10-11-17(19)16(12-15)18(20)21-4-2/h6-12H,3-5,19H2,1-2H3. The van der Waals surface area contributed by atoms with Crippen molar-refractivity contribution in [1.82, 2.24) is 0 Å².